The zero-order valence-electron chi connectivity index (χ0n) is 8.38. The van der Waals surface area contributed by atoms with Crippen molar-refractivity contribution in [1.29, 1.82) is 0 Å². The predicted molar refractivity (Wildman–Crippen MR) is 64.9 cm³/mol. The summed E-state index contributed by atoms with van der Waals surface area (Å²) in [7, 11) is 0. The molecule has 1 rings (SSSR count). The molecule has 0 saturated carbocycles. The van der Waals surface area contributed by atoms with Crippen molar-refractivity contribution in [2.45, 2.75) is 25.3 Å². The zero-order valence-corrected chi connectivity index (χ0v) is 10.8. The van der Waals surface area contributed by atoms with Crippen LogP contribution < -0.4 is 5.32 Å². The second kappa shape index (κ2) is 6.24. The van der Waals surface area contributed by atoms with Gasteiger partial charge in [-0.3, -0.25) is 0 Å². The van der Waals surface area contributed by atoms with Crippen molar-refractivity contribution < 1.29 is 0 Å². The van der Waals surface area contributed by atoms with Crippen LogP contribution in [-0.4, -0.2) is 22.3 Å². The summed E-state index contributed by atoms with van der Waals surface area (Å²) in [6.07, 6.45) is 2.87. The van der Waals surface area contributed by atoms with Crippen molar-refractivity contribution in [3.05, 3.63) is 10.7 Å². The average molecular weight is 276 g/mol. The van der Waals surface area contributed by atoms with Gasteiger partial charge in [0, 0.05) is 12.7 Å². The van der Waals surface area contributed by atoms with E-state index in [1.165, 1.54) is 0 Å². The topological polar surface area (TPSA) is 37.8 Å². The quantitative estimate of drug-likeness (QED) is 0.662. The van der Waals surface area contributed by atoms with E-state index in [0.717, 1.165) is 28.2 Å². The molecule has 0 radical (unpaired) electrons. The molecular weight excluding hydrogens is 262 g/mol. The van der Waals surface area contributed by atoms with Crippen LogP contribution in [0.3, 0.4) is 0 Å². The molecule has 1 aromatic heterocycles. The fraction of sp³-hybridized carbons (Fsp3) is 0.556. The lowest BCUT2D eigenvalue weighted by molar-refractivity contribution is 0.930. The molecular formula is C9H14BrN3S. The van der Waals surface area contributed by atoms with Crippen molar-refractivity contribution in [2.24, 2.45) is 0 Å². The molecule has 0 fully saturated rings. The van der Waals surface area contributed by atoms with Gasteiger partial charge in [-0.25, -0.2) is 9.97 Å². The van der Waals surface area contributed by atoms with E-state index in [9.17, 15) is 0 Å². The minimum atomic E-state index is 0.714. The Labute approximate surface area is 97.2 Å². The minimum Gasteiger partial charge on any atom is -0.354 e. The highest BCUT2D eigenvalue weighted by Gasteiger charge is 2.03. The largest absolute Gasteiger partial charge is 0.354 e. The molecule has 0 aliphatic rings. The number of hydrogen-bond donors (Lipinski definition) is 1. The first-order valence-corrected chi connectivity index (χ1v) is 6.45. The maximum absolute atomic E-state index is 4.39. The molecule has 0 aliphatic carbocycles. The first-order chi connectivity index (χ1) is 6.77. The maximum Gasteiger partial charge on any atom is 0.223 e. The van der Waals surface area contributed by atoms with Crippen LogP contribution in [0, 0.1) is 0 Å². The number of hydrogen-bond acceptors (Lipinski definition) is 4. The highest BCUT2D eigenvalue weighted by molar-refractivity contribution is 9.10. The number of aromatic nitrogens is 2. The van der Waals surface area contributed by atoms with E-state index in [4.69, 9.17) is 0 Å². The molecule has 0 atom stereocenters. The van der Waals surface area contributed by atoms with E-state index < -0.39 is 0 Å². The van der Waals surface area contributed by atoms with Gasteiger partial charge in [0.05, 0.1) is 4.47 Å². The molecule has 78 valence electrons. The summed E-state index contributed by atoms with van der Waals surface area (Å²) in [6.45, 7) is 5.14. The van der Waals surface area contributed by atoms with Gasteiger partial charge in [-0.15, -0.1) is 11.8 Å². The van der Waals surface area contributed by atoms with Crippen molar-refractivity contribution in [3.8, 4) is 0 Å². The summed E-state index contributed by atoms with van der Waals surface area (Å²) >= 11 is 5.14. The molecule has 3 nitrogen and oxygen atoms in total. The van der Waals surface area contributed by atoms with Crippen LogP contribution in [0.2, 0.25) is 0 Å². The second-order valence-corrected chi connectivity index (χ2v) is 4.81. The number of halogens is 1. The van der Waals surface area contributed by atoms with E-state index in [1.807, 2.05) is 0 Å². The van der Waals surface area contributed by atoms with E-state index in [1.54, 1.807) is 18.0 Å². The summed E-state index contributed by atoms with van der Waals surface area (Å²) in [6, 6.07) is 0. The standard InChI is InChI=1S/C9H14BrN3S/c1-3-5-11-9-12-6-7(10)8(13-9)14-4-2/h6H,3-5H2,1-2H3,(H,11,12,13). The van der Waals surface area contributed by atoms with Crippen LogP contribution in [0.25, 0.3) is 0 Å². The molecule has 0 saturated heterocycles. The van der Waals surface area contributed by atoms with Crippen LogP contribution in [0.4, 0.5) is 5.95 Å². The van der Waals surface area contributed by atoms with Gasteiger partial charge in [-0.2, -0.15) is 0 Å². The number of nitrogens with zero attached hydrogens (tertiary/aromatic N) is 2. The van der Waals surface area contributed by atoms with Gasteiger partial charge in [0.15, 0.2) is 0 Å². The predicted octanol–water partition coefficient (Wildman–Crippen LogP) is 3.17. The lowest BCUT2D eigenvalue weighted by atomic mass is 10.5. The Morgan fingerprint density at radius 3 is 2.93 bits per heavy atom. The Balaban J connectivity index is 2.72. The van der Waals surface area contributed by atoms with E-state index >= 15 is 0 Å². The van der Waals surface area contributed by atoms with E-state index in [-0.39, 0.29) is 0 Å². The SMILES string of the molecule is CCCNc1ncc(Br)c(SCC)n1. The van der Waals surface area contributed by atoms with Crippen LogP contribution in [-0.2, 0) is 0 Å². The smallest absolute Gasteiger partial charge is 0.223 e. The van der Waals surface area contributed by atoms with Crippen molar-refractivity contribution in [2.75, 3.05) is 17.6 Å². The Morgan fingerprint density at radius 2 is 2.29 bits per heavy atom. The Hall–Kier alpha value is -0.290. The van der Waals surface area contributed by atoms with E-state index in [2.05, 4.69) is 45.1 Å². The van der Waals surface area contributed by atoms with Gasteiger partial charge >= 0.3 is 0 Å². The fourth-order valence-electron chi connectivity index (χ4n) is 0.911. The van der Waals surface area contributed by atoms with Crippen LogP contribution in [0.5, 0.6) is 0 Å². The lowest BCUT2D eigenvalue weighted by Crippen LogP contribution is -2.04. The summed E-state index contributed by atoms with van der Waals surface area (Å²) in [5.74, 6) is 1.73. The number of nitrogens with one attached hydrogen (secondary N) is 1. The first kappa shape index (κ1) is 11.8. The third kappa shape index (κ3) is 3.46. The van der Waals surface area contributed by atoms with Crippen molar-refractivity contribution in [1.82, 2.24) is 9.97 Å². The van der Waals surface area contributed by atoms with Gasteiger partial charge in [0.1, 0.15) is 5.03 Å². The molecule has 1 aromatic rings. The Kier molecular flexibility index (Phi) is 5.25. The molecule has 0 aromatic carbocycles. The number of thioether (sulfide) groups is 1. The minimum absolute atomic E-state index is 0.714. The van der Waals surface area contributed by atoms with Crippen molar-refractivity contribution in [3.63, 3.8) is 0 Å². The molecule has 5 heteroatoms. The van der Waals surface area contributed by atoms with Crippen LogP contribution in [0.1, 0.15) is 20.3 Å². The summed E-state index contributed by atoms with van der Waals surface area (Å²) in [4.78, 5) is 8.57. The third-order valence-electron chi connectivity index (χ3n) is 1.53. The normalized spacial score (nSPS) is 10.2. The average Bonchev–Trinajstić information content (AvgIpc) is 2.19. The van der Waals surface area contributed by atoms with E-state index in [0.29, 0.717) is 5.95 Å². The molecule has 0 bridgehead atoms. The number of rotatable bonds is 5. The summed E-state index contributed by atoms with van der Waals surface area (Å²) in [5.41, 5.74) is 0. The van der Waals surface area contributed by atoms with Crippen LogP contribution >= 0.6 is 27.7 Å². The molecule has 0 unspecified atom stereocenters. The third-order valence-corrected chi connectivity index (χ3v) is 3.24. The molecule has 0 aliphatic heterocycles. The van der Waals surface area contributed by atoms with Crippen molar-refractivity contribution >= 4 is 33.6 Å². The van der Waals surface area contributed by atoms with Gasteiger partial charge in [0.2, 0.25) is 5.95 Å². The lowest BCUT2D eigenvalue weighted by Gasteiger charge is -2.05. The van der Waals surface area contributed by atoms with Gasteiger partial charge in [-0.1, -0.05) is 13.8 Å². The zero-order chi connectivity index (χ0) is 10.4. The van der Waals surface area contributed by atoms with Crippen LogP contribution in [0.15, 0.2) is 15.7 Å². The Morgan fingerprint density at radius 1 is 1.50 bits per heavy atom. The fourth-order valence-corrected chi connectivity index (χ4v) is 2.06. The molecule has 1 heterocycles. The van der Waals surface area contributed by atoms with Gasteiger partial charge < -0.3 is 5.32 Å². The highest BCUT2D eigenvalue weighted by atomic mass is 79.9. The Bertz CT molecular complexity index is 293. The summed E-state index contributed by atoms with van der Waals surface area (Å²) < 4.78 is 0.964. The monoisotopic (exact) mass is 275 g/mol. The highest BCUT2D eigenvalue weighted by Crippen LogP contribution is 2.25. The maximum atomic E-state index is 4.39. The summed E-state index contributed by atoms with van der Waals surface area (Å²) in [5, 5.41) is 4.16. The number of anilines is 1. The second-order valence-electron chi connectivity index (χ2n) is 2.71. The van der Waals surface area contributed by atoms with Gasteiger partial charge in [0.25, 0.3) is 0 Å². The molecule has 14 heavy (non-hydrogen) atoms. The molecule has 1 N–H and O–H groups in total. The van der Waals surface area contributed by atoms with Gasteiger partial charge in [-0.05, 0) is 28.1 Å². The first-order valence-electron chi connectivity index (χ1n) is 4.67. The molecule has 0 spiro atoms. The molecule has 0 amide bonds.